The number of aromatic nitrogens is 4. The minimum Gasteiger partial charge on any atom is -0.444 e. The van der Waals surface area contributed by atoms with E-state index in [0.717, 1.165) is 30.6 Å². The van der Waals surface area contributed by atoms with Gasteiger partial charge in [0, 0.05) is 55.9 Å². The molecule has 1 saturated carbocycles. The molecule has 0 N–H and O–H groups in total. The van der Waals surface area contributed by atoms with E-state index in [-0.39, 0.29) is 29.5 Å². The molecule has 0 radical (unpaired) electrons. The summed E-state index contributed by atoms with van der Waals surface area (Å²) in [5.74, 6) is 1.50. The summed E-state index contributed by atoms with van der Waals surface area (Å²) in [6, 6.07) is 1.74. The Labute approximate surface area is 206 Å². The fraction of sp³-hybridized carbons (Fsp3) is 0.640. The molecule has 10 nitrogen and oxygen atoms in total. The number of ether oxygens (including phenoxy) is 1. The lowest BCUT2D eigenvalue weighted by Gasteiger charge is -2.46. The normalized spacial score (nSPS) is 23.3. The van der Waals surface area contributed by atoms with Crippen LogP contribution in [0, 0.1) is 0 Å². The summed E-state index contributed by atoms with van der Waals surface area (Å²) in [6.07, 6.45) is 6.07. The van der Waals surface area contributed by atoms with Gasteiger partial charge in [0.05, 0.1) is 0 Å². The molecule has 2 aromatic rings. The zero-order valence-electron chi connectivity index (χ0n) is 21.5. The van der Waals surface area contributed by atoms with Gasteiger partial charge in [0.2, 0.25) is 0 Å². The molecule has 1 saturated heterocycles. The van der Waals surface area contributed by atoms with Crippen LogP contribution >= 0.6 is 0 Å². The van der Waals surface area contributed by atoms with Crippen molar-refractivity contribution in [1.29, 1.82) is 0 Å². The summed E-state index contributed by atoms with van der Waals surface area (Å²) in [4.78, 5) is 41.6. The van der Waals surface area contributed by atoms with Gasteiger partial charge in [-0.15, -0.1) is 0 Å². The molecule has 1 spiro atoms. The van der Waals surface area contributed by atoms with Crippen LogP contribution in [0.1, 0.15) is 69.9 Å². The molecule has 0 aromatic carbocycles. The molecule has 2 amide bonds. The van der Waals surface area contributed by atoms with Crippen molar-refractivity contribution >= 4 is 23.6 Å². The summed E-state index contributed by atoms with van der Waals surface area (Å²) in [5.41, 5.74) is 0.961. The van der Waals surface area contributed by atoms with E-state index in [9.17, 15) is 9.59 Å². The van der Waals surface area contributed by atoms with E-state index in [2.05, 4.69) is 21.9 Å². The van der Waals surface area contributed by atoms with E-state index in [1.165, 1.54) is 0 Å². The minimum absolute atomic E-state index is 0.0386. The number of hydrogen-bond donors (Lipinski definition) is 0. The van der Waals surface area contributed by atoms with Crippen molar-refractivity contribution in [3.63, 3.8) is 0 Å². The minimum atomic E-state index is -0.537. The maximum Gasteiger partial charge on any atom is 0.410 e. The summed E-state index contributed by atoms with van der Waals surface area (Å²) >= 11 is 0. The van der Waals surface area contributed by atoms with Gasteiger partial charge in [0.1, 0.15) is 29.3 Å². The van der Waals surface area contributed by atoms with Crippen LogP contribution < -0.4 is 9.80 Å². The third kappa shape index (κ3) is 3.92. The monoisotopic (exact) mass is 481 g/mol. The summed E-state index contributed by atoms with van der Waals surface area (Å²) in [7, 11) is 1.78. The number of anilines is 2. The maximum absolute atomic E-state index is 13.5. The molecule has 5 rings (SSSR count). The molecular weight excluding hydrogens is 446 g/mol. The average Bonchev–Trinajstić information content (AvgIpc) is 3.34. The van der Waals surface area contributed by atoms with E-state index < -0.39 is 5.60 Å². The van der Waals surface area contributed by atoms with E-state index >= 15 is 0 Å². The van der Waals surface area contributed by atoms with Crippen LogP contribution in [0.4, 0.5) is 16.4 Å². The largest absolute Gasteiger partial charge is 0.444 e. The standard InChI is InChI=1S/C25H35N7O3/c1-16-13-31(23(34)35-24(3,4)5)17(2)12-30(16)20-19-21(27-15-26-20)32(14-25(19)9-7-10-25)22(33)18-8-11-28-29(18)6/h8,11,15-17H,7,9-10,12-14H2,1-6H3/t16-,17+/m0/s1. The van der Waals surface area contributed by atoms with Crippen LogP contribution in [0.2, 0.25) is 0 Å². The van der Waals surface area contributed by atoms with E-state index in [4.69, 9.17) is 9.72 Å². The number of aryl methyl sites for hydroxylation is 1. The topological polar surface area (TPSA) is 96.7 Å². The second kappa shape index (κ2) is 8.20. The Morgan fingerprint density at radius 3 is 2.40 bits per heavy atom. The maximum atomic E-state index is 13.5. The number of nitrogens with zero attached hydrogens (tertiary/aromatic N) is 7. The Kier molecular flexibility index (Phi) is 5.52. The molecule has 0 unspecified atom stereocenters. The first kappa shape index (κ1) is 23.6. The van der Waals surface area contributed by atoms with E-state index in [1.807, 2.05) is 37.5 Å². The van der Waals surface area contributed by atoms with Crippen molar-refractivity contribution in [2.75, 3.05) is 29.4 Å². The first-order chi connectivity index (χ1) is 16.5. The number of piperazine rings is 1. The van der Waals surface area contributed by atoms with Crippen LogP contribution in [0.15, 0.2) is 18.6 Å². The number of rotatable bonds is 2. The molecule has 2 atom stereocenters. The number of amides is 2. The predicted molar refractivity (Wildman–Crippen MR) is 132 cm³/mol. The first-order valence-corrected chi connectivity index (χ1v) is 12.4. The Morgan fingerprint density at radius 1 is 1.09 bits per heavy atom. The van der Waals surface area contributed by atoms with Crippen molar-refractivity contribution in [2.24, 2.45) is 7.05 Å². The van der Waals surface area contributed by atoms with Gasteiger partial charge in [-0.1, -0.05) is 6.42 Å². The molecule has 2 fully saturated rings. The van der Waals surface area contributed by atoms with Gasteiger partial charge in [0.15, 0.2) is 0 Å². The zero-order chi connectivity index (χ0) is 25.1. The average molecular weight is 482 g/mol. The highest BCUT2D eigenvalue weighted by molar-refractivity contribution is 6.06. The molecule has 188 valence electrons. The third-order valence-electron chi connectivity index (χ3n) is 7.54. The third-order valence-corrected chi connectivity index (χ3v) is 7.54. The summed E-state index contributed by atoms with van der Waals surface area (Å²) in [6.45, 7) is 11.6. The van der Waals surface area contributed by atoms with Gasteiger partial charge in [-0.3, -0.25) is 14.4 Å². The number of fused-ring (bicyclic) bond motifs is 2. The van der Waals surface area contributed by atoms with Crippen LogP contribution in [-0.2, 0) is 17.2 Å². The van der Waals surface area contributed by atoms with Crippen molar-refractivity contribution in [3.05, 3.63) is 29.8 Å². The second-order valence-corrected chi connectivity index (χ2v) is 11.2. The SMILES string of the molecule is C[C@@H]1CN(c2ncnc3c2C2(CCC2)CN3C(=O)c2ccnn2C)[C@@H](C)CN1C(=O)OC(C)(C)C. The Morgan fingerprint density at radius 2 is 1.80 bits per heavy atom. The Hall–Kier alpha value is -3.17. The molecule has 2 aromatic heterocycles. The lowest BCUT2D eigenvalue weighted by atomic mass is 9.66. The quantitative estimate of drug-likeness (QED) is 0.650. The molecule has 2 aliphatic heterocycles. The van der Waals surface area contributed by atoms with Gasteiger partial charge in [-0.25, -0.2) is 14.8 Å². The summed E-state index contributed by atoms with van der Waals surface area (Å²) < 4.78 is 7.25. The molecular formula is C25H35N7O3. The van der Waals surface area contributed by atoms with E-state index in [0.29, 0.717) is 31.1 Å². The highest BCUT2D eigenvalue weighted by Crippen LogP contribution is 2.55. The molecule has 3 aliphatic rings. The van der Waals surface area contributed by atoms with Crippen molar-refractivity contribution in [3.8, 4) is 0 Å². The second-order valence-electron chi connectivity index (χ2n) is 11.2. The first-order valence-electron chi connectivity index (χ1n) is 12.4. The van der Waals surface area contributed by atoms with Crippen molar-refractivity contribution in [1.82, 2.24) is 24.6 Å². The number of carbonyl (C=O) groups excluding carboxylic acids is 2. The van der Waals surface area contributed by atoms with Gasteiger partial charge >= 0.3 is 6.09 Å². The smallest absolute Gasteiger partial charge is 0.410 e. The lowest BCUT2D eigenvalue weighted by molar-refractivity contribution is 0.0129. The molecule has 10 heteroatoms. The molecule has 35 heavy (non-hydrogen) atoms. The molecule has 4 heterocycles. The fourth-order valence-electron chi connectivity index (χ4n) is 5.62. The Balaban J connectivity index is 1.47. The molecule has 0 bridgehead atoms. The van der Waals surface area contributed by atoms with Crippen molar-refractivity contribution in [2.45, 2.75) is 77.0 Å². The van der Waals surface area contributed by atoms with Crippen LogP contribution in [-0.4, -0.2) is 74.0 Å². The lowest BCUT2D eigenvalue weighted by Crippen LogP contribution is -2.59. The van der Waals surface area contributed by atoms with Crippen molar-refractivity contribution < 1.29 is 14.3 Å². The fourth-order valence-corrected chi connectivity index (χ4v) is 5.62. The number of carbonyl (C=O) groups is 2. The Bertz CT molecular complexity index is 1150. The highest BCUT2D eigenvalue weighted by atomic mass is 16.6. The van der Waals surface area contributed by atoms with Crippen LogP contribution in [0.5, 0.6) is 0 Å². The zero-order valence-corrected chi connectivity index (χ0v) is 21.5. The van der Waals surface area contributed by atoms with Crippen LogP contribution in [0.25, 0.3) is 0 Å². The van der Waals surface area contributed by atoms with Gasteiger partial charge in [-0.05, 0) is 53.5 Å². The van der Waals surface area contributed by atoms with Crippen LogP contribution in [0.3, 0.4) is 0 Å². The number of hydrogen-bond acceptors (Lipinski definition) is 7. The summed E-state index contributed by atoms with van der Waals surface area (Å²) in [5, 5.41) is 4.17. The molecule has 1 aliphatic carbocycles. The van der Waals surface area contributed by atoms with Gasteiger partial charge in [-0.2, -0.15) is 5.10 Å². The van der Waals surface area contributed by atoms with E-state index in [1.54, 1.807) is 30.3 Å². The van der Waals surface area contributed by atoms with Gasteiger partial charge in [0.25, 0.3) is 5.91 Å². The van der Waals surface area contributed by atoms with Gasteiger partial charge < -0.3 is 14.5 Å². The highest BCUT2D eigenvalue weighted by Gasteiger charge is 2.53. The predicted octanol–water partition coefficient (Wildman–Crippen LogP) is 3.13.